The predicted octanol–water partition coefficient (Wildman–Crippen LogP) is 4.66. The van der Waals surface area contributed by atoms with Gasteiger partial charge in [0.2, 0.25) is 5.16 Å². The molecule has 0 saturated heterocycles. The highest BCUT2D eigenvalue weighted by Crippen LogP contribution is 2.25. The van der Waals surface area contributed by atoms with Crippen LogP contribution in [0.1, 0.15) is 32.9 Å². The fourth-order valence-electron chi connectivity index (χ4n) is 3.73. The summed E-state index contributed by atoms with van der Waals surface area (Å²) in [4.78, 5) is 13.0. The van der Waals surface area contributed by atoms with Crippen molar-refractivity contribution in [3.8, 4) is 11.4 Å². The van der Waals surface area contributed by atoms with Crippen molar-refractivity contribution >= 4 is 17.5 Å². The number of aromatic nitrogens is 5. The van der Waals surface area contributed by atoms with Gasteiger partial charge in [0.15, 0.2) is 5.78 Å². The Morgan fingerprint density at radius 3 is 2.33 bits per heavy atom. The molecular formula is C23H23N5OS. The van der Waals surface area contributed by atoms with Crippen molar-refractivity contribution in [2.24, 2.45) is 0 Å². The molecule has 0 aliphatic rings. The second kappa shape index (κ2) is 8.28. The Kier molecular flexibility index (Phi) is 5.55. The summed E-state index contributed by atoms with van der Waals surface area (Å²) in [7, 11) is 0. The van der Waals surface area contributed by atoms with E-state index in [1.54, 1.807) is 4.68 Å². The molecule has 4 rings (SSSR count). The Balaban J connectivity index is 1.57. The monoisotopic (exact) mass is 417 g/mol. The first kappa shape index (κ1) is 20.1. The van der Waals surface area contributed by atoms with Crippen molar-refractivity contribution in [1.29, 1.82) is 0 Å². The van der Waals surface area contributed by atoms with Gasteiger partial charge in [-0.3, -0.25) is 4.79 Å². The molecule has 4 aromatic rings. The normalized spacial score (nSPS) is 11.1. The number of tetrazole rings is 1. The molecule has 152 valence electrons. The standard InChI is InChI=1S/C23H23N5OS/c1-15-10-16(2)12-20(11-15)27-17(3)13-21(18(27)4)22(29)14-30-23-24-25-26-28(23)19-8-6-5-7-9-19/h5-13H,14H2,1-4H3. The molecule has 0 aliphatic carbocycles. The number of hydrogen-bond acceptors (Lipinski definition) is 5. The lowest BCUT2D eigenvalue weighted by Gasteiger charge is -2.12. The van der Waals surface area contributed by atoms with E-state index < -0.39 is 0 Å². The second-order valence-electron chi connectivity index (χ2n) is 7.39. The number of carbonyl (C=O) groups is 1. The van der Waals surface area contributed by atoms with Crippen molar-refractivity contribution in [3.05, 3.63) is 82.7 Å². The molecule has 0 spiro atoms. The molecule has 0 amide bonds. The van der Waals surface area contributed by atoms with Crippen LogP contribution in [-0.2, 0) is 0 Å². The van der Waals surface area contributed by atoms with E-state index in [2.05, 4.69) is 52.1 Å². The van der Waals surface area contributed by atoms with E-state index in [4.69, 9.17) is 0 Å². The lowest BCUT2D eigenvalue weighted by molar-refractivity contribution is 0.102. The van der Waals surface area contributed by atoms with Crippen LogP contribution in [0.3, 0.4) is 0 Å². The minimum Gasteiger partial charge on any atom is -0.318 e. The van der Waals surface area contributed by atoms with Crippen LogP contribution >= 0.6 is 11.8 Å². The Labute approximate surface area is 179 Å². The third-order valence-electron chi connectivity index (χ3n) is 4.97. The third kappa shape index (κ3) is 3.93. The van der Waals surface area contributed by atoms with Crippen molar-refractivity contribution < 1.29 is 4.79 Å². The van der Waals surface area contributed by atoms with Crippen LogP contribution in [0.2, 0.25) is 0 Å². The van der Waals surface area contributed by atoms with Crippen molar-refractivity contribution in [3.63, 3.8) is 0 Å². The van der Waals surface area contributed by atoms with E-state index in [1.165, 1.54) is 22.9 Å². The van der Waals surface area contributed by atoms with Crippen LogP contribution in [0, 0.1) is 27.7 Å². The highest BCUT2D eigenvalue weighted by molar-refractivity contribution is 7.99. The van der Waals surface area contributed by atoms with Gasteiger partial charge >= 0.3 is 0 Å². The Morgan fingerprint density at radius 2 is 1.63 bits per heavy atom. The molecular weight excluding hydrogens is 394 g/mol. The van der Waals surface area contributed by atoms with Crippen LogP contribution in [0.25, 0.3) is 11.4 Å². The molecule has 0 radical (unpaired) electrons. The summed E-state index contributed by atoms with van der Waals surface area (Å²) in [5, 5.41) is 12.5. The highest BCUT2D eigenvalue weighted by atomic mass is 32.2. The summed E-state index contributed by atoms with van der Waals surface area (Å²) in [6.45, 7) is 8.20. The number of thioether (sulfide) groups is 1. The first-order chi connectivity index (χ1) is 14.4. The molecule has 0 aliphatic heterocycles. The summed E-state index contributed by atoms with van der Waals surface area (Å²) in [5.41, 5.74) is 7.08. The summed E-state index contributed by atoms with van der Waals surface area (Å²) < 4.78 is 3.79. The van der Waals surface area contributed by atoms with E-state index in [1.807, 2.05) is 50.2 Å². The molecule has 30 heavy (non-hydrogen) atoms. The molecule has 2 heterocycles. The van der Waals surface area contributed by atoms with Crippen LogP contribution < -0.4 is 0 Å². The average Bonchev–Trinajstić information content (AvgIpc) is 3.30. The Morgan fingerprint density at radius 1 is 0.933 bits per heavy atom. The predicted molar refractivity (Wildman–Crippen MR) is 119 cm³/mol. The molecule has 0 atom stereocenters. The summed E-state index contributed by atoms with van der Waals surface area (Å²) in [5.74, 6) is 0.330. The quantitative estimate of drug-likeness (QED) is 0.337. The average molecular weight is 418 g/mol. The van der Waals surface area contributed by atoms with Gasteiger partial charge in [0.05, 0.1) is 11.4 Å². The van der Waals surface area contributed by atoms with Gasteiger partial charge < -0.3 is 4.57 Å². The minimum absolute atomic E-state index is 0.0614. The lowest BCUT2D eigenvalue weighted by atomic mass is 10.1. The van der Waals surface area contributed by atoms with Gasteiger partial charge in [-0.05, 0) is 79.6 Å². The number of carbonyl (C=O) groups excluding carboxylic acids is 1. The largest absolute Gasteiger partial charge is 0.318 e. The third-order valence-corrected chi connectivity index (χ3v) is 5.89. The SMILES string of the molecule is Cc1cc(C)cc(-n2c(C)cc(C(=O)CSc3nnnn3-c3ccccc3)c2C)c1. The fraction of sp³-hybridized carbons (Fsp3) is 0.217. The van der Waals surface area contributed by atoms with Gasteiger partial charge in [-0.25, -0.2) is 0 Å². The van der Waals surface area contributed by atoms with E-state index >= 15 is 0 Å². The lowest BCUT2D eigenvalue weighted by Crippen LogP contribution is -2.07. The number of para-hydroxylation sites is 1. The van der Waals surface area contributed by atoms with Crippen LogP contribution in [-0.4, -0.2) is 36.3 Å². The van der Waals surface area contributed by atoms with Crippen LogP contribution in [0.4, 0.5) is 0 Å². The molecule has 6 nitrogen and oxygen atoms in total. The second-order valence-corrected chi connectivity index (χ2v) is 8.33. The topological polar surface area (TPSA) is 65.6 Å². The number of ketones is 1. The summed E-state index contributed by atoms with van der Waals surface area (Å²) in [6.07, 6.45) is 0. The van der Waals surface area contributed by atoms with Gasteiger partial charge in [0.1, 0.15) is 0 Å². The molecule has 0 bridgehead atoms. The van der Waals surface area contributed by atoms with Crippen molar-refractivity contribution in [1.82, 2.24) is 24.8 Å². The zero-order valence-electron chi connectivity index (χ0n) is 17.5. The minimum atomic E-state index is 0.0614. The van der Waals surface area contributed by atoms with Crippen LogP contribution in [0.5, 0.6) is 0 Å². The van der Waals surface area contributed by atoms with Gasteiger partial charge in [0, 0.05) is 22.6 Å². The molecule has 0 N–H and O–H groups in total. The van der Waals surface area contributed by atoms with Gasteiger partial charge in [-0.15, -0.1) is 5.10 Å². The van der Waals surface area contributed by atoms with E-state index in [0.717, 1.165) is 28.3 Å². The number of rotatable bonds is 6. The van der Waals surface area contributed by atoms with Crippen LogP contribution in [0.15, 0.2) is 59.8 Å². The van der Waals surface area contributed by atoms with Gasteiger partial charge in [0.25, 0.3) is 0 Å². The number of benzene rings is 2. The summed E-state index contributed by atoms with van der Waals surface area (Å²) >= 11 is 1.34. The van der Waals surface area contributed by atoms with Crippen molar-refractivity contribution in [2.45, 2.75) is 32.9 Å². The van der Waals surface area contributed by atoms with E-state index in [9.17, 15) is 4.79 Å². The summed E-state index contributed by atoms with van der Waals surface area (Å²) in [6, 6.07) is 18.1. The number of nitrogens with zero attached hydrogens (tertiary/aromatic N) is 5. The molecule has 0 fully saturated rings. The molecule has 7 heteroatoms. The first-order valence-corrected chi connectivity index (χ1v) is 10.7. The molecule has 0 unspecified atom stereocenters. The molecule has 2 aromatic heterocycles. The maximum Gasteiger partial charge on any atom is 0.214 e. The maximum atomic E-state index is 13.0. The van der Waals surface area contributed by atoms with Crippen molar-refractivity contribution in [2.75, 3.05) is 5.75 Å². The highest BCUT2D eigenvalue weighted by Gasteiger charge is 2.19. The smallest absolute Gasteiger partial charge is 0.214 e. The van der Waals surface area contributed by atoms with Gasteiger partial charge in [-0.2, -0.15) is 4.68 Å². The zero-order valence-corrected chi connectivity index (χ0v) is 18.3. The van der Waals surface area contributed by atoms with Gasteiger partial charge in [-0.1, -0.05) is 36.0 Å². The first-order valence-electron chi connectivity index (χ1n) is 9.71. The maximum absolute atomic E-state index is 13.0. The number of Topliss-reactive ketones (excluding diaryl/α,β-unsaturated/α-hetero) is 1. The Hall–Kier alpha value is -3.19. The van der Waals surface area contributed by atoms with E-state index in [-0.39, 0.29) is 11.5 Å². The van der Waals surface area contributed by atoms with E-state index in [0.29, 0.717) is 5.16 Å². The number of hydrogen-bond donors (Lipinski definition) is 0. The Bertz CT molecular complexity index is 1190. The number of aryl methyl sites for hydroxylation is 3. The molecule has 0 saturated carbocycles. The zero-order chi connectivity index (χ0) is 21.3. The fourth-order valence-corrected chi connectivity index (χ4v) is 4.50. The molecule has 2 aromatic carbocycles.